The highest BCUT2D eigenvalue weighted by Gasteiger charge is 2.24. The fourth-order valence-electron chi connectivity index (χ4n) is 3.74. The first-order valence-corrected chi connectivity index (χ1v) is 11.2. The van der Waals surface area contributed by atoms with Gasteiger partial charge in [-0.3, -0.25) is 9.69 Å². The van der Waals surface area contributed by atoms with Gasteiger partial charge in [0, 0.05) is 43.2 Å². The van der Waals surface area contributed by atoms with Gasteiger partial charge in [0.2, 0.25) is 5.78 Å². The molecular weight excluding hydrogens is 458 g/mol. The average molecular weight is 479 g/mol. The summed E-state index contributed by atoms with van der Waals surface area (Å²) in [4.78, 5) is 15.9. The number of ketones is 1. The first-order chi connectivity index (χ1) is 15.4. The molecule has 0 spiro atoms. The molecule has 1 fully saturated rings. The maximum atomic E-state index is 14.2. The lowest BCUT2D eigenvalue weighted by Crippen LogP contribution is -2.42. The van der Waals surface area contributed by atoms with Gasteiger partial charge in [0.05, 0.1) is 22.6 Å². The van der Waals surface area contributed by atoms with Gasteiger partial charge in [-0.15, -0.1) is 11.3 Å². The molecule has 3 aromatic rings. The fraction of sp³-hybridized carbons (Fsp3) is 0.261. The smallest absolute Gasteiger partial charge is 0.209 e. The number of methoxy groups -OCH3 is 1. The van der Waals surface area contributed by atoms with E-state index in [-0.39, 0.29) is 4.88 Å². The van der Waals surface area contributed by atoms with Crippen LogP contribution in [0.4, 0.5) is 8.78 Å². The molecular formula is C23H21ClF2N2O3S. The molecule has 0 amide bonds. The average Bonchev–Trinajstić information content (AvgIpc) is 3.27. The Kier molecular flexibility index (Phi) is 6.76. The van der Waals surface area contributed by atoms with Crippen molar-refractivity contribution in [2.45, 2.75) is 6.54 Å². The Morgan fingerprint density at radius 2 is 1.97 bits per heavy atom. The Balaban J connectivity index is 1.67. The van der Waals surface area contributed by atoms with Crippen LogP contribution in [0.5, 0.6) is 11.5 Å². The Morgan fingerprint density at radius 3 is 2.69 bits per heavy atom. The van der Waals surface area contributed by atoms with Gasteiger partial charge in [-0.1, -0.05) is 11.6 Å². The zero-order valence-corrected chi connectivity index (χ0v) is 18.8. The van der Waals surface area contributed by atoms with Crippen molar-refractivity contribution in [1.82, 2.24) is 10.2 Å². The van der Waals surface area contributed by atoms with E-state index in [4.69, 9.17) is 16.3 Å². The number of carbonyl (C=O) groups excluding carboxylic acids is 1. The maximum absolute atomic E-state index is 14.2. The molecule has 2 heterocycles. The van der Waals surface area contributed by atoms with Gasteiger partial charge in [-0.2, -0.15) is 0 Å². The lowest BCUT2D eigenvalue weighted by atomic mass is 10.1. The summed E-state index contributed by atoms with van der Waals surface area (Å²) in [6, 6.07) is 8.68. The minimum atomic E-state index is -1.27. The summed E-state index contributed by atoms with van der Waals surface area (Å²) in [5, 5.41) is 13.3. The zero-order valence-electron chi connectivity index (χ0n) is 17.3. The summed E-state index contributed by atoms with van der Waals surface area (Å²) in [7, 11) is 1.57. The van der Waals surface area contributed by atoms with E-state index in [0.717, 1.165) is 65.7 Å². The second-order valence-corrected chi connectivity index (χ2v) is 8.92. The summed E-state index contributed by atoms with van der Waals surface area (Å²) in [6.07, 6.45) is 0. The highest BCUT2D eigenvalue weighted by Crippen LogP contribution is 2.38. The number of thiophene rings is 1. The number of rotatable bonds is 6. The van der Waals surface area contributed by atoms with Crippen LogP contribution < -0.4 is 10.1 Å². The van der Waals surface area contributed by atoms with E-state index in [9.17, 15) is 18.7 Å². The van der Waals surface area contributed by atoms with Crippen molar-refractivity contribution in [3.8, 4) is 21.9 Å². The summed E-state index contributed by atoms with van der Waals surface area (Å²) < 4.78 is 33.8. The van der Waals surface area contributed by atoms with Crippen LogP contribution in [0.3, 0.4) is 0 Å². The molecule has 0 unspecified atom stereocenters. The molecule has 0 radical (unpaired) electrons. The van der Waals surface area contributed by atoms with E-state index in [1.54, 1.807) is 19.2 Å². The van der Waals surface area contributed by atoms with Crippen molar-refractivity contribution < 1.29 is 23.4 Å². The van der Waals surface area contributed by atoms with Crippen molar-refractivity contribution in [1.29, 1.82) is 0 Å². The molecule has 32 heavy (non-hydrogen) atoms. The van der Waals surface area contributed by atoms with Crippen LogP contribution in [-0.2, 0) is 6.54 Å². The third kappa shape index (κ3) is 4.49. The number of benzene rings is 2. The van der Waals surface area contributed by atoms with Crippen LogP contribution in [0.1, 0.15) is 20.8 Å². The van der Waals surface area contributed by atoms with Gasteiger partial charge < -0.3 is 15.2 Å². The quantitative estimate of drug-likeness (QED) is 0.503. The number of hydrogen-bond acceptors (Lipinski definition) is 6. The molecule has 4 rings (SSSR count). The number of halogens is 3. The number of ether oxygens (including phenoxy) is 1. The predicted molar refractivity (Wildman–Crippen MR) is 121 cm³/mol. The number of phenols is 1. The minimum absolute atomic E-state index is 0.152. The standard InChI is InChI=1S/C23H21ClF2N2O3S/c1-31-23-14(12-28-8-6-27-7-9-28)10-13(11-15(23)24)18-4-5-19(32-18)22(30)20-16(25)2-3-17(29)21(20)26/h2-5,10-11,27,29H,6-9,12H2,1H3. The topological polar surface area (TPSA) is 61.8 Å². The number of aromatic hydroxyl groups is 1. The Hall–Kier alpha value is -2.52. The zero-order chi connectivity index (χ0) is 22.8. The van der Waals surface area contributed by atoms with Crippen LogP contribution in [0.25, 0.3) is 10.4 Å². The summed E-state index contributed by atoms with van der Waals surface area (Å²) in [5.74, 6) is -3.29. The third-order valence-corrected chi connectivity index (χ3v) is 6.75. The number of nitrogens with zero attached hydrogens (tertiary/aromatic N) is 1. The van der Waals surface area contributed by atoms with Crippen LogP contribution >= 0.6 is 22.9 Å². The lowest BCUT2D eigenvalue weighted by Gasteiger charge is -2.28. The van der Waals surface area contributed by atoms with Gasteiger partial charge in [0.1, 0.15) is 11.6 Å². The first-order valence-electron chi connectivity index (χ1n) is 10.0. The van der Waals surface area contributed by atoms with E-state index < -0.39 is 28.7 Å². The Labute approximate surface area is 193 Å². The molecule has 0 saturated carbocycles. The number of hydrogen-bond donors (Lipinski definition) is 2. The Morgan fingerprint density at radius 1 is 1.22 bits per heavy atom. The highest BCUT2D eigenvalue weighted by molar-refractivity contribution is 7.17. The number of piperazine rings is 1. The third-order valence-electron chi connectivity index (χ3n) is 5.34. The molecule has 0 bridgehead atoms. The molecule has 1 saturated heterocycles. The SMILES string of the molecule is COc1c(Cl)cc(-c2ccc(C(=O)c3c(F)ccc(O)c3F)s2)cc1CN1CCNCC1. The number of phenolic OH excluding ortho intramolecular Hbond substituents is 1. The highest BCUT2D eigenvalue weighted by atomic mass is 35.5. The molecule has 2 N–H and O–H groups in total. The molecule has 2 aromatic carbocycles. The van der Waals surface area contributed by atoms with E-state index in [1.807, 2.05) is 6.07 Å². The molecule has 0 atom stereocenters. The normalized spacial score (nSPS) is 14.5. The monoisotopic (exact) mass is 478 g/mol. The second-order valence-electron chi connectivity index (χ2n) is 7.43. The second kappa shape index (κ2) is 9.54. The predicted octanol–water partition coefficient (Wildman–Crippen LogP) is 4.70. The van der Waals surface area contributed by atoms with Gasteiger partial charge in [-0.05, 0) is 42.0 Å². The summed E-state index contributed by atoms with van der Waals surface area (Å²) in [6.45, 7) is 4.30. The fourth-order valence-corrected chi connectivity index (χ4v) is 4.99. The molecule has 9 heteroatoms. The van der Waals surface area contributed by atoms with Crippen molar-refractivity contribution >= 4 is 28.7 Å². The van der Waals surface area contributed by atoms with Crippen LogP contribution in [0.15, 0.2) is 36.4 Å². The number of nitrogens with one attached hydrogen (secondary N) is 1. The molecule has 0 aliphatic carbocycles. The molecule has 5 nitrogen and oxygen atoms in total. The van der Waals surface area contributed by atoms with Crippen molar-refractivity contribution in [3.63, 3.8) is 0 Å². The van der Waals surface area contributed by atoms with Crippen LogP contribution in [-0.4, -0.2) is 49.1 Å². The van der Waals surface area contributed by atoms with Crippen molar-refractivity contribution in [2.75, 3.05) is 33.3 Å². The van der Waals surface area contributed by atoms with Crippen LogP contribution in [0, 0.1) is 11.6 Å². The molecule has 1 aliphatic heterocycles. The molecule has 1 aliphatic rings. The minimum Gasteiger partial charge on any atom is -0.505 e. The van der Waals surface area contributed by atoms with Gasteiger partial charge in [0.15, 0.2) is 11.6 Å². The first kappa shape index (κ1) is 22.7. The largest absolute Gasteiger partial charge is 0.505 e. The van der Waals surface area contributed by atoms with Crippen molar-refractivity contribution in [2.24, 2.45) is 0 Å². The van der Waals surface area contributed by atoms with Gasteiger partial charge in [0.25, 0.3) is 0 Å². The van der Waals surface area contributed by atoms with E-state index in [1.165, 1.54) is 6.07 Å². The van der Waals surface area contributed by atoms with E-state index in [0.29, 0.717) is 17.3 Å². The lowest BCUT2D eigenvalue weighted by molar-refractivity contribution is 0.103. The van der Waals surface area contributed by atoms with E-state index in [2.05, 4.69) is 10.2 Å². The molecule has 1 aromatic heterocycles. The summed E-state index contributed by atoms with van der Waals surface area (Å²) in [5.41, 5.74) is 0.927. The molecule has 168 valence electrons. The Bertz CT molecular complexity index is 1160. The van der Waals surface area contributed by atoms with Crippen molar-refractivity contribution in [3.05, 3.63) is 69.1 Å². The summed E-state index contributed by atoms with van der Waals surface area (Å²) >= 11 is 7.58. The van der Waals surface area contributed by atoms with E-state index >= 15 is 0 Å². The van der Waals surface area contributed by atoms with Gasteiger partial charge >= 0.3 is 0 Å². The van der Waals surface area contributed by atoms with Gasteiger partial charge in [-0.25, -0.2) is 8.78 Å². The van der Waals surface area contributed by atoms with Crippen LogP contribution in [0.2, 0.25) is 5.02 Å². The number of carbonyl (C=O) groups is 1. The maximum Gasteiger partial charge on any atom is 0.209 e.